The molecule has 0 aliphatic carbocycles. The maximum atomic E-state index is 13.5. The number of ether oxygens (including phenoxy) is 2. The van der Waals surface area contributed by atoms with Crippen molar-refractivity contribution in [3.05, 3.63) is 47.5 Å². The molecular formula is C26H39N3O6. The fourth-order valence-electron chi connectivity index (χ4n) is 3.38. The second-order valence-corrected chi connectivity index (χ2v) is 9.26. The molecule has 2 unspecified atom stereocenters. The van der Waals surface area contributed by atoms with Crippen LogP contribution in [-0.4, -0.2) is 60.1 Å². The van der Waals surface area contributed by atoms with Crippen molar-refractivity contribution < 1.29 is 28.7 Å². The molecule has 1 rings (SSSR count). The van der Waals surface area contributed by atoms with Gasteiger partial charge in [0, 0.05) is 13.1 Å². The first-order valence-electron chi connectivity index (χ1n) is 11.7. The van der Waals surface area contributed by atoms with Gasteiger partial charge in [0.2, 0.25) is 11.8 Å². The lowest BCUT2D eigenvalue weighted by Gasteiger charge is -2.33. The highest BCUT2D eigenvalue weighted by atomic mass is 16.6. The van der Waals surface area contributed by atoms with E-state index < -0.39 is 41.6 Å². The highest BCUT2D eigenvalue weighted by Crippen LogP contribution is 2.26. The maximum Gasteiger partial charge on any atom is 0.408 e. The van der Waals surface area contributed by atoms with E-state index in [1.807, 2.05) is 32.0 Å². The summed E-state index contributed by atoms with van der Waals surface area (Å²) in [4.78, 5) is 52.2. The van der Waals surface area contributed by atoms with Crippen LogP contribution in [0.15, 0.2) is 30.9 Å². The molecule has 0 saturated heterocycles. The van der Waals surface area contributed by atoms with Crippen LogP contribution in [0.5, 0.6) is 0 Å². The van der Waals surface area contributed by atoms with Crippen molar-refractivity contribution in [2.24, 2.45) is 0 Å². The monoisotopic (exact) mass is 489 g/mol. The van der Waals surface area contributed by atoms with Crippen LogP contribution in [0.3, 0.4) is 0 Å². The molecule has 0 aliphatic heterocycles. The summed E-state index contributed by atoms with van der Waals surface area (Å²) < 4.78 is 10.2. The Hall–Kier alpha value is -3.36. The van der Waals surface area contributed by atoms with Crippen LogP contribution in [0, 0.1) is 13.8 Å². The molecule has 0 fully saturated rings. The van der Waals surface area contributed by atoms with E-state index in [9.17, 15) is 19.2 Å². The van der Waals surface area contributed by atoms with Crippen molar-refractivity contribution in [3.8, 4) is 0 Å². The third kappa shape index (κ3) is 9.80. The Kier molecular flexibility index (Phi) is 11.5. The van der Waals surface area contributed by atoms with Crippen molar-refractivity contribution in [1.29, 1.82) is 0 Å². The van der Waals surface area contributed by atoms with Gasteiger partial charge in [0.15, 0.2) is 0 Å². The average molecular weight is 490 g/mol. The van der Waals surface area contributed by atoms with Crippen LogP contribution in [0.25, 0.3) is 0 Å². The Morgan fingerprint density at radius 1 is 1.17 bits per heavy atom. The molecule has 9 nitrogen and oxygen atoms in total. The predicted molar refractivity (Wildman–Crippen MR) is 134 cm³/mol. The summed E-state index contributed by atoms with van der Waals surface area (Å²) >= 11 is 0. The fourth-order valence-corrected chi connectivity index (χ4v) is 3.38. The highest BCUT2D eigenvalue weighted by molar-refractivity contribution is 5.92. The van der Waals surface area contributed by atoms with E-state index in [2.05, 4.69) is 17.2 Å². The molecule has 35 heavy (non-hydrogen) atoms. The van der Waals surface area contributed by atoms with Crippen molar-refractivity contribution in [2.45, 2.75) is 72.6 Å². The minimum absolute atomic E-state index is 0.00507. The van der Waals surface area contributed by atoms with Gasteiger partial charge < -0.3 is 25.0 Å². The summed E-state index contributed by atoms with van der Waals surface area (Å²) in [6, 6.07) is 3.67. The Bertz CT molecular complexity index is 922. The lowest BCUT2D eigenvalue weighted by atomic mass is 9.96. The number of alkyl carbamates (subject to hydrolysis) is 1. The Labute approximate surface area is 208 Å². The number of carbonyl (C=O) groups is 4. The summed E-state index contributed by atoms with van der Waals surface area (Å²) in [6.07, 6.45) is 0.784. The molecule has 194 valence electrons. The summed E-state index contributed by atoms with van der Waals surface area (Å²) in [7, 11) is 0. The fraction of sp³-hybridized carbons (Fsp3) is 0.538. The second-order valence-electron chi connectivity index (χ2n) is 9.26. The largest absolute Gasteiger partial charge is 0.466 e. The average Bonchev–Trinajstić information content (AvgIpc) is 2.74. The van der Waals surface area contributed by atoms with Gasteiger partial charge in [-0.15, -0.1) is 6.58 Å². The highest BCUT2D eigenvalue weighted by Gasteiger charge is 2.35. The summed E-state index contributed by atoms with van der Waals surface area (Å²) in [5.41, 5.74) is 1.64. The second kappa shape index (κ2) is 13.5. The number of hydrogen-bond donors (Lipinski definition) is 2. The third-order valence-electron chi connectivity index (χ3n) is 4.94. The molecule has 0 heterocycles. The van der Waals surface area contributed by atoms with Crippen molar-refractivity contribution in [1.82, 2.24) is 15.5 Å². The molecule has 0 aromatic heterocycles. The number of hydrogen-bond acceptors (Lipinski definition) is 6. The molecule has 2 atom stereocenters. The lowest BCUT2D eigenvalue weighted by Crippen LogP contribution is -2.52. The van der Waals surface area contributed by atoms with Gasteiger partial charge in [-0.05, 0) is 59.6 Å². The van der Waals surface area contributed by atoms with E-state index in [0.29, 0.717) is 5.56 Å². The van der Waals surface area contributed by atoms with E-state index in [0.717, 1.165) is 11.1 Å². The topological polar surface area (TPSA) is 114 Å². The van der Waals surface area contributed by atoms with E-state index in [1.165, 1.54) is 17.9 Å². The van der Waals surface area contributed by atoms with Crippen LogP contribution < -0.4 is 10.6 Å². The lowest BCUT2D eigenvalue weighted by molar-refractivity contribution is -0.144. The zero-order valence-corrected chi connectivity index (χ0v) is 21.9. The minimum atomic E-state index is -1.01. The smallest absolute Gasteiger partial charge is 0.408 e. The van der Waals surface area contributed by atoms with Crippen molar-refractivity contribution in [3.63, 3.8) is 0 Å². The van der Waals surface area contributed by atoms with Gasteiger partial charge in [-0.1, -0.05) is 29.8 Å². The number of benzene rings is 1. The molecular weight excluding hydrogens is 450 g/mol. The van der Waals surface area contributed by atoms with Crippen molar-refractivity contribution in [2.75, 3.05) is 19.7 Å². The van der Waals surface area contributed by atoms with Gasteiger partial charge in [-0.25, -0.2) is 4.79 Å². The van der Waals surface area contributed by atoms with Crippen LogP contribution in [0.4, 0.5) is 4.79 Å². The first kappa shape index (κ1) is 29.7. The number of rotatable bonds is 11. The minimum Gasteiger partial charge on any atom is -0.466 e. The number of esters is 1. The van der Waals surface area contributed by atoms with E-state index in [4.69, 9.17) is 9.47 Å². The number of nitrogens with zero attached hydrogens (tertiary/aromatic N) is 1. The molecule has 2 N–H and O–H groups in total. The van der Waals surface area contributed by atoms with Crippen molar-refractivity contribution >= 4 is 23.9 Å². The number of nitrogens with one attached hydrogen (secondary N) is 2. The van der Waals surface area contributed by atoms with Gasteiger partial charge in [0.1, 0.15) is 17.7 Å². The molecule has 0 saturated carbocycles. The zero-order chi connectivity index (χ0) is 26.8. The first-order chi connectivity index (χ1) is 16.3. The van der Waals surface area contributed by atoms with Gasteiger partial charge >= 0.3 is 12.1 Å². The summed E-state index contributed by atoms with van der Waals surface area (Å²) in [5.74, 6) is -1.37. The SMILES string of the molecule is C=CCN(C(=O)C(C)NC(=O)OC(C)(C)C)C(C(=O)NCCC(=O)OCC)c1cc(C)ccc1C. The Morgan fingerprint density at radius 2 is 1.83 bits per heavy atom. The van der Waals surface area contributed by atoms with Crippen LogP contribution >= 0.6 is 0 Å². The Morgan fingerprint density at radius 3 is 2.40 bits per heavy atom. The van der Waals surface area contributed by atoms with Gasteiger partial charge in [-0.2, -0.15) is 0 Å². The first-order valence-corrected chi connectivity index (χ1v) is 11.7. The van der Waals surface area contributed by atoms with Gasteiger partial charge in [0.25, 0.3) is 0 Å². The predicted octanol–water partition coefficient (Wildman–Crippen LogP) is 3.34. The number of amides is 3. The normalized spacial score (nSPS) is 12.7. The third-order valence-corrected chi connectivity index (χ3v) is 4.94. The molecule has 0 spiro atoms. The Balaban J connectivity index is 3.26. The zero-order valence-electron chi connectivity index (χ0n) is 21.9. The standard InChI is InChI=1S/C26H39N3O6/c1-9-15-29(24(32)19(5)28-25(33)35-26(6,7)8)22(20-16-17(3)11-12-18(20)4)23(31)27-14-13-21(30)34-10-2/h9,11-12,16,19,22H,1,10,13-15H2,2-8H3,(H,27,31)(H,28,33). The molecule has 0 bridgehead atoms. The molecule has 3 amide bonds. The maximum absolute atomic E-state index is 13.5. The molecule has 0 radical (unpaired) electrons. The van der Waals surface area contributed by atoms with E-state index in [-0.39, 0.29) is 26.1 Å². The number of carbonyl (C=O) groups excluding carboxylic acids is 4. The summed E-state index contributed by atoms with van der Waals surface area (Å²) in [6.45, 7) is 16.3. The molecule has 1 aromatic rings. The van der Waals surface area contributed by atoms with Crippen LogP contribution in [0.2, 0.25) is 0 Å². The van der Waals surface area contributed by atoms with E-state index in [1.54, 1.807) is 27.7 Å². The molecule has 9 heteroatoms. The van der Waals surface area contributed by atoms with Crippen LogP contribution in [-0.2, 0) is 23.9 Å². The van der Waals surface area contributed by atoms with Crippen LogP contribution in [0.1, 0.15) is 63.8 Å². The van der Waals surface area contributed by atoms with E-state index >= 15 is 0 Å². The number of aryl methyl sites for hydroxylation is 2. The van der Waals surface area contributed by atoms with Gasteiger partial charge in [0.05, 0.1) is 13.0 Å². The summed E-state index contributed by atoms with van der Waals surface area (Å²) in [5, 5.41) is 5.28. The van der Waals surface area contributed by atoms with Gasteiger partial charge in [-0.3, -0.25) is 14.4 Å². The molecule has 0 aliphatic rings. The molecule has 1 aromatic carbocycles. The quantitative estimate of drug-likeness (QED) is 0.364.